The molecular weight excluding hydrogens is 534 g/mol. The van der Waals surface area contributed by atoms with Crippen molar-refractivity contribution < 1.29 is 23.6 Å². The first-order valence-electron chi connectivity index (χ1n) is 11.5. The molecule has 5 rings (SSSR count). The molecule has 1 unspecified atom stereocenters. The van der Waals surface area contributed by atoms with Crippen LogP contribution >= 0.6 is 15.9 Å². The summed E-state index contributed by atoms with van der Waals surface area (Å²) in [4.78, 5) is 18.3. The molecule has 1 saturated carbocycles. The number of ether oxygens (including phenoxy) is 1. The summed E-state index contributed by atoms with van der Waals surface area (Å²) in [5.74, 6) is 1.07. The minimum atomic E-state index is -1.44. The van der Waals surface area contributed by atoms with Crippen molar-refractivity contribution in [1.29, 1.82) is 0 Å². The third-order valence-corrected chi connectivity index (χ3v) is 8.44. The smallest absolute Gasteiger partial charge is 0.340 e. The van der Waals surface area contributed by atoms with Crippen LogP contribution in [0.3, 0.4) is 0 Å². The average Bonchev–Trinajstić information content (AvgIpc) is 3.29. The maximum Gasteiger partial charge on any atom is 0.340 e. The second kappa shape index (κ2) is 9.40. The lowest BCUT2D eigenvalue weighted by atomic mass is 10.0. The number of benzene rings is 1. The number of aromatic hydroxyl groups is 1. The summed E-state index contributed by atoms with van der Waals surface area (Å²) in [6.45, 7) is 5.94. The van der Waals surface area contributed by atoms with E-state index in [1.54, 1.807) is 26.1 Å². The number of carbonyl (C=O) groups excluding carboxylic acids is 1. The van der Waals surface area contributed by atoms with Crippen molar-refractivity contribution in [2.45, 2.75) is 56.8 Å². The van der Waals surface area contributed by atoms with Gasteiger partial charge in [0.25, 0.3) is 0 Å². The second-order valence-corrected chi connectivity index (χ2v) is 10.9. The highest BCUT2D eigenvalue weighted by Gasteiger charge is 2.37. The summed E-state index contributed by atoms with van der Waals surface area (Å²) in [6, 6.07) is 3.73. The Kier molecular flexibility index (Phi) is 6.45. The van der Waals surface area contributed by atoms with E-state index in [2.05, 4.69) is 25.5 Å². The van der Waals surface area contributed by atoms with Crippen LogP contribution in [0.4, 0.5) is 0 Å². The summed E-state index contributed by atoms with van der Waals surface area (Å²) in [7, 11) is 0. The van der Waals surface area contributed by atoms with Gasteiger partial charge in [0, 0.05) is 35.5 Å². The van der Waals surface area contributed by atoms with Gasteiger partial charge in [0.1, 0.15) is 11.6 Å². The lowest BCUT2D eigenvalue weighted by Crippen LogP contribution is -2.15. The number of hydrogen-bond donors (Lipinski definition) is 1. The van der Waals surface area contributed by atoms with Crippen LogP contribution in [-0.4, -0.2) is 36.4 Å². The zero-order chi connectivity index (χ0) is 24.9. The van der Waals surface area contributed by atoms with Crippen molar-refractivity contribution in [1.82, 2.24) is 14.1 Å². The van der Waals surface area contributed by atoms with Crippen molar-refractivity contribution in [3.05, 3.63) is 63.7 Å². The van der Waals surface area contributed by atoms with Gasteiger partial charge in [-0.05, 0) is 66.8 Å². The number of hydrogen-bond acceptors (Lipinski definition) is 6. The zero-order valence-electron chi connectivity index (χ0n) is 19.7. The van der Waals surface area contributed by atoms with Gasteiger partial charge in [-0.1, -0.05) is 0 Å². The number of furan rings is 1. The third-order valence-electron chi connectivity index (χ3n) is 6.39. The number of esters is 1. The van der Waals surface area contributed by atoms with E-state index in [0.717, 1.165) is 24.2 Å². The number of phenols is 1. The van der Waals surface area contributed by atoms with Crippen molar-refractivity contribution in [2.24, 2.45) is 0 Å². The Hall–Kier alpha value is -2.69. The van der Waals surface area contributed by atoms with Crippen LogP contribution in [-0.2, 0) is 28.2 Å². The first-order valence-corrected chi connectivity index (χ1v) is 13.6. The first-order chi connectivity index (χ1) is 16.8. The van der Waals surface area contributed by atoms with Gasteiger partial charge in [0.05, 0.1) is 40.7 Å². The molecule has 1 aliphatic carbocycles. The molecule has 8 nitrogen and oxygen atoms in total. The normalized spacial score (nSPS) is 14.5. The molecule has 3 aromatic heterocycles. The molecule has 3 heterocycles. The highest BCUT2D eigenvalue weighted by molar-refractivity contribution is 9.10. The number of nitrogens with zero attached hydrogens (tertiary/aromatic N) is 3. The largest absolute Gasteiger partial charge is 0.611 e. The Labute approximate surface area is 214 Å². The van der Waals surface area contributed by atoms with Crippen LogP contribution in [0.15, 0.2) is 44.6 Å². The molecule has 35 heavy (non-hydrogen) atoms. The highest BCUT2D eigenvalue weighted by Crippen LogP contribution is 2.46. The first kappa shape index (κ1) is 24.0. The van der Waals surface area contributed by atoms with Gasteiger partial charge in [0.15, 0.2) is 16.4 Å². The summed E-state index contributed by atoms with van der Waals surface area (Å²) in [5, 5.41) is 11.8. The van der Waals surface area contributed by atoms with E-state index in [4.69, 9.17) is 9.15 Å². The molecule has 0 radical (unpaired) electrons. The molecule has 0 bridgehead atoms. The summed E-state index contributed by atoms with van der Waals surface area (Å²) < 4.78 is 28.9. The fourth-order valence-electron chi connectivity index (χ4n) is 4.58. The molecule has 0 amide bonds. The molecule has 184 valence electrons. The molecule has 1 N–H and O–H groups in total. The van der Waals surface area contributed by atoms with Crippen molar-refractivity contribution in [3.63, 3.8) is 0 Å². The number of imidazole rings is 1. The van der Waals surface area contributed by atoms with Crippen molar-refractivity contribution >= 4 is 44.0 Å². The Morgan fingerprint density at radius 2 is 2.17 bits per heavy atom. The van der Waals surface area contributed by atoms with Crippen LogP contribution in [0.5, 0.6) is 5.75 Å². The minimum Gasteiger partial charge on any atom is -0.611 e. The predicted octanol–water partition coefficient (Wildman–Crippen LogP) is 5.38. The SMILES string of the molecule is CCOC(=O)c1c(C[S+]([O-])c2ccoc2C)n(C2CC2)c2cc(Br)c(O)c(Cn3ccnc3C)c12. The molecule has 10 heteroatoms. The van der Waals surface area contributed by atoms with E-state index in [-0.39, 0.29) is 24.2 Å². The van der Waals surface area contributed by atoms with Gasteiger partial charge in [-0.15, -0.1) is 0 Å². The quantitative estimate of drug-likeness (QED) is 0.229. The maximum atomic E-state index is 13.4. The van der Waals surface area contributed by atoms with Gasteiger partial charge in [-0.3, -0.25) is 0 Å². The van der Waals surface area contributed by atoms with Gasteiger partial charge in [0.2, 0.25) is 0 Å². The fraction of sp³-hybridized carbons (Fsp3) is 0.360. The topological polar surface area (TPSA) is 105 Å². The number of aryl methyl sites for hydroxylation is 2. The lowest BCUT2D eigenvalue weighted by Gasteiger charge is -2.14. The van der Waals surface area contributed by atoms with Gasteiger partial charge in [-0.2, -0.15) is 0 Å². The van der Waals surface area contributed by atoms with Gasteiger partial charge in [-0.25, -0.2) is 9.78 Å². The van der Waals surface area contributed by atoms with Crippen LogP contribution in [0.25, 0.3) is 10.9 Å². The number of carbonyl (C=O) groups is 1. The van der Waals surface area contributed by atoms with E-state index in [1.165, 1.54) is 6.26 Å². The Morgan fingerprint density at radius 3 is 2.77 bits per heavy atom. The molecule has 0 saturated heterocycles. The molecule has 1 atom stereocenters. The fourth-order valence-corrected chi connectivity index (χ4v) is 6.30. The zero-order valence-corrected chi connectivity index (χ0v) is 22.1. The molecule has 4 aromatic rings. The lowest BCUT2D eigenvalue weighted by molar-refractivity contribution is 0.0527. The Bertz CT molecular complexity index is 1420. The molecule has 0 spiro atoms. The van der Waals surface area contributed by atoms with Crippen molar-refractivity contribution in [2.75, 3.05) is 6.61 Å². The molecule has 1 fully saturated rings. The van der Waals surface area contributed by atoms with Crippen molar-refractivity contribution in [3.8, 4) is 5.75 Å². The monoisotopic (exact) mass is 559 g/mol. The minimum absolute atomic E-state index is 0.0578. The van der Waals surface area contributed by atoms with Gasteiger partial charge < -0.3 is 27.9 Å². The van der Waals surface area contributed by atoms with Crippen LogP contribution in [0, 0.1) is 13.8 Å². The van der Waals surface area contributed by atoms with Crippen LogP contribution < -0.4 is 0 Å². The third kappa shape index (κ3) is 4.28. The molecule has 1 aromatic carbocycles. The molecule has 0 aliphatic heterocycles. The molecular formula is C25H26BrN3O5S. The Morgan fingerprint density at radius 1 is 1.40 bits per heavy atom. The highest BCUT2D eigenvalue weighted by atomic mass is 79.9. The number of rotatable bonds is 8. The number of phenolic OH excluding ortho intramolecular Hbond substituents is 1. The summed E-state index contributed by atoms with van der Waals surface area (Å²) in [5.41, 5.74) is 2.41. The van der Waals surface area contributed by atoms with E-state index in [9.17, 15) is 14.5 Å². The van der Waals surface area contributed by atoms with E-state index < -0.39 is 17.1 Å². The van der Waals surface area contributed by atoms with E-state index >= 15 is 0 Å². The van der Waals surface area contributed by atoms with Gasteiger partial charge >= 0.3 is 5.97 Å². The second-order valence-electron chi connectivity index (χ2n) is 8.66. The van der Waals surface area contributed by atoms with E-state index in [0.29, 0.717) is 43.9 Å². The standard InChI is InChI=1S/C25H26BrN3O5S/c1-4-33-25(31)23-20(13-35(32)21-7-10-34-14(21)2)29(16-5-6-16)19-11-18(26)24(30)17(22(19)23)12-28-9-8-27-15(28)3/h7-11,16,30H,4-6,12-13H2,1-3H3. The van der Waals surface area contributed by atoms with Crippen LogP contribution in [0.1, 0.15) is 59.0 Å². The van der Waals surface area contributed by atoms with Crippen LogP contribution in [0.2, 0.25) is 0 Å². The number of halogens is 1. The summed E-state index contributed by atoms with van der Waals surface area (Å²) in [6.07, 6.45) is 6.98. The predicted molar refractivity (Wildman–Crippen MR) is 135 cm³/mol. The summed E-state index contributed by atoms with van der Waals surface area (Å²) >= 11 is 2.07. The van der Waals surface area contributed by atoms with E-state index in [1.807, 2.05) is 23.8 Å². The number of aromatic nitrogens is 3. The maximum absolute atomic E-state index is 13.4. The number of fused-ring (bicyclic) bond motifs is 1. The molecule has 1 aliphatic rings. The average molecular weight is 560 g/mol. The Balaban J connectivity index is 1.78.